The Bertz CT molecular complexity index is 1040. The molecule has 3 aromatic rings. The number of H-pyrrole nitrogens is 1. The molecule has 5 nitrogen and oxygen atoms in total. The van der Waals surface area contributed by atoms with Crippen LogP contribution in [0.4, 0.5) is 5.69 Å². The summed E-state index contributed by atoms with van der Waals surface area (Å²) in [5.41, 5.74) is 5.38. The molecule has 2 heterocycles. The highest BCUT2D eigenvalue weighted by molar-refractivity contribution is 5.97. The van der Waals surface area contributed by atoms with Crippen LogP contribution in [0.3, 0.4) is 0 Å². The Balaban J connectivity index is 1.38. The minimum atomic E-state index is -0.294. The highest BCUT2D eigenvalue weighted by Crippen LogP contribution is 2.24. The highest BCUT2D eigenvalue weighted by atomic mass is 16.2. The molecule has 0 unspecified atom stereocenters. The third-order valence-electron chi connectivity index (χ3n) is 5.56. The Hall–Kier alpha value is -3.08. The number of anilines is 1. The Labute approximate surface area is 164 Å². The number of rotatable bonds is 5. The standard InChI is InChI=1S/C23H25N3O2/c1-15-7-8-21-19(11-15)17(13-24-21)9-10-26-14-18(12-22(26)27)23(28)25-20-6-4-3-5-16(20)2/h3-8,11,13,18,24H,9-10,12,14H2,1-2H3,(H,25,28)/t18-/m0/s1. The minimum absolute atomic E-state index is 0.0564. The van der Waals surface area contributed by atoms with Crippen LogP contribution < -0.4 is 5.32 Å². The molecule has 1 saturated heterocycles. The number of nitrogens with one attached hydrogen (secondary N) is 2. The van der Waals surface area contributed by atoms with E-state index in [2.05, 4.69) is 35.4 Å². The monoisotopic (exact) mass is 375 g/mol. The second kappa shape index (κ2) is 7.50. The van der Waals surface area contributed by atoms with E-state index in [-0.39, 0.29) is 24.2 Å². The van der Waals surface area contributed by atoms with E-state index >= 15 is 0 Å². The lowest BCUT2D eigenvalue weighted by molar-refractivity contribution is -0.128. The first-order valence-electron chi connectivity index (χ1n) is 9.72. The number of benzene rings is 2. The predicted octanol–water partition coefficient (Wildman–Crippen LogP) is 3.81. The van der Waals surface area contributed by atoms with Gasteiger partial charge in [0.15, 0.2) is 0 Å². The molecule has 2 aromatic carbocycles. The van der Waals surface area contributed by atoms with Crippen molar-refractivity contribution in [2.24, 2.45) is 5.92 Å². The van der Waals surface area contributed by atoms with E-state index in [1.54, 1.807) is 0 Å². The van der Waals surface area contributed by atoms with Crippen LogP contribution in [-0.4, -0.2) is 34.8 Å². The summed E-state index contributed by atoms with van der Waals surface area (Å²) in [7, 11) is 0. The van der Waals surface area contributed by atoms with Gasteiger partial charge in [-0.3, -0.25) is 9.59 Å². The normalized spacial score (nSPS) is 16.7. The van der Waals surface area contributed by atoms with Crippen molar-refractivity contribution in [3.8, 4) is 0 Å². The largest absolute Gasteiger partial charge is 0.361 e. The van der Waals surface area contributed by atoms with Crippen molar-refractivity contribution in [1.29, 1.82) is 0 Å². The van der Waals surface area contributed by atoms with Crippen LogP contribution in [-0.2, 0) is 16.0 Å². The lowest BCUT2D eigenvalue weighted by Gasteiger charge is -2.16. The molecule has 4 rings (SSSR count). The van der Waals surface area contributed by atoms with E-state index in [4.69, 9.17) is 0 Å². The number of nitrogens with zero attached hydrogens (tertiary/aromatic N) is 1. The summed E-state index contributed by atoms with van der Waals surface area (Å²) in [4.78, 5) is 30.1. The van der Waals surface area contributed by atoms with E-state index in [0.29, 0.717) is 13.1 Å². The molecule has 0 aliphatic carbocycles. The molecular formula is C23H25N3O2. The van der Waals surface area contributed by atoms with Gasteiger partial charge in [-0.15, -0.1) is 0 Å². The molecule has 0 saturated carbocycles. The van der Waals surface area contributed by atoms with Gasteiger partial charge in [0.05, 0.1) is 5.92 Å². The van der Waals surface area contributed by atoms with Gasteiger partial charge in [-0.1, -0.05) is 29.8 Å². The van der Waals surface area contributed by atoms with Crippen LogP contribution in [0, 0.1) is 19.8 Å². The molecule has 2 N–H and O–H groups in total. The first kappa shape index (κ1) is 18.3. The summed E-state index contributed by atoms with van der Waals surface area (Å²) in [6.45, 7) is 5.16. The molecule has 5 heteroatoms. The van der Waals surface area contributed by atoms with E-state index in [0.717, 1.165) is 23.2 Å². The summed E-state index contributed by atoms with van der Waals surface area (Å²) < 4.78 is 0. The molecule has 144 valence electrons. The third kappa shape index (κ3) is 3.65. The Morgan fingerprint density at radius 1 is 1.21 bits per heavy atom. The topological polar surface area (TPSA) is 65.2 Å². The first-order chi connectivity index (χ1) is 13.5. The lowest BCUT2D eigenvalue weighted by Crippen LogP contribution is -2.30. The average molecular weight is 375 g/mol. The number of aryl methyl sites for hydroxylation is 2. The quantitative estimate of drug-likeness (QED) is 0.712. The van der Waals surface area contributed by atoms with E-state index in [1.807, 2.05) is 42.3 Å². The number of hydrogen-bond acceptors (Lipinski definition) is 2. The van der Waals surface area contributed by atoms with Gasteiger partial charge in [-0.05, 0) is 49.6 Å². The summed E-state index contributed by atoms with van der Waals surface area (Å²) >= 11 is 0. The summed E-state index contributed by atoms with van der Waals surface area (Å²) in [6, 6.07) is 14.0. The predicted molar refractivity (Wildman–Crippen MR) is 111 cm³/mol. The second-order valence-electron chi connectivity index (χ2n) is 7.66. The van der Waals surface area contributed by atoms with Gasteiger partial charge in [0.1, 0.15) is 0 Å². The molecule has 1 fully saturated rings. The Morgan fingerprint density at radius 2 is 2.04 bits per heavy atom. The number of amides is 2. The summed E-state index contributed by atoms with van der Waals surface area (Å²) in [6.07, 6.45) is 3.08. The number of aromatic nitrogens is 1. The Morgan fingerprint density at radius 3 is 2.86 bits per heavy atom. The molecule has 0 radical (unpaired) electrons. The average Bonchev–Trinajstić information content (AvgIpc) is 3.25. The molecule has 28 heavy (non-hydrogen) atoms. The molecular weight excluding hydrogens is 350 g/mol. The highest BCUT2D eigenvalue weighted by Gasteiger charge is 2.34. The molecule has 2 amide bonds. The number of fused-ring (bicyclic) bond motifs is 1. The van der Waals surface area contributed by atoms with Gasteiger partial charge in [0.2, 0.25) is 11.8 Å². The van der Waals surface area contributed by atoms with E-state index in [1.165, 1.54) is 16.5 Å². The summed E-state index contributed by atoms with van der Waals surface area (Å²) in [5.74, 6) is -0.314. The van der Waals surface area contributed by atoms with Crippen molar-refractivity contribution in [2.75, 3.05) is 18.4 Å². The van der Waals surface area contributed by atoms with E-state index < -0.39 is 0 Å². The smallest absolute Gasteiger partial charge is 0.229 e. The molecule has 0 spiro atoms. The van der Waals surface area contributed by atoms with Crippen LogP contribution in [0.15, 0.2) is 48.7 Å². The number of carbonyl (C=O) groups is 2. The zero-order valence-electron chi connectivity index (χ0n) is 16.3. The van der Waals surface area contributed by atoms with Crippen LogP contribution in [0.25, 0.3) is 10.9 Å². The number of aromatic amines is 1. The van der Waals surface area contributed by atoms with Crippen molar-refractivity contribution in [3.63, 3.8) is 0 Å². The fourth-order valence-corrected chi connectivity index (χ4v) is 3.87. The fourth-order valence-electron chi connectivity index (χ4n) is 3.87. The van der Waals surface area contributed by atoms with Gasteiger partial charge in [0, 0.05) is 42.3 Å². The van der Waals surface area contributed by atoms with Crippen molar-refractivity contribution in [3.05, 3.63) is 65.4 Å². The maximum absolute atomic E-state index is 12.6. The molecule has 1 atom stereocenters. The zero-order chi connectivity index (χ0) is 19.7. The molecule has 1 aliphatic rings. The minimum Gasteiger partial charge on any atom is -0.361 e. The number of hydrogen-bond donors (Lipinski definition) is 2. The van der Waals surface area contributed by atoms with Crippen LogP contribution >= 0.6 is 0 Å². The molecule has 0 bridgehead atoms. The van der Waals surface area contributed by atoms with E-state index in [9.17, 15) is 9.59 Å². The van der Waals surface area contributed by atoms with Gasteiger partial charge >= 0.3 is 0 Å². The SMILES string of the molecule is Cc1ccc2[nH]cc(CCN3C[C@@H](C(=O)Nc4ccccc4C)CC3=O)c2c1. The van der Waals surface area contributed by atoms with Gasteiger partial charge in [-0.25, -0.2) is 0 Å². The van der Waals surface area contributed by atoms with Crippen LogP contribution in [0.5, 0.6) is 0 Å². The van der Waals surface area contributed by atoms with Crippen molar-refractivity contribution >= 4 is 28.4 Å². The maximum Gasteiger partial charge on any atom is 0.229 e. The van der Waals surface area contributed by atoms with Gasteiger partial charge in [0.25, 0.3) is 0 Å². The summed E-state index contributed by atoms with van der Waals surface area (Å²) in [5, 5.41) is 4.18. The van der Waals surface area contributed by atoms with Crippen molar-refractivity contribution < 1.29 is 9.59 Å². The number of carbonyl (C=O) groups excluding carboxylic acids is 2. The lowest BCUT2D eigenvalue weighted by atomic mass is 10.1. The molecule has 1 aliphatic heterocycles. The maximum atomic E-state index is 12.6. The third-order valence-corrected chi connectivity index (χ3v) is 5.56. The second-order valence-corrected chi connectivity index (χ2v) is 7.66. The fraction of sp³-hybridized carbons (Fsp3) is 0.304. The van der Waals surface area contributed by atoms with Crippen molar-refractivity contribution in [1.82, 2.24) is 9.88 Å². The van der Waals surface area contributed by atoms with Crippen molar-refractivity contribution in [2.45, 2.75) is 26.7 Å². The number of likely N-dealkylation sites (tertiary alicyclic amines) is 1. The Kier molecular flexibility index (Phi) is 4.90. The zero-order valence-corrected chi connectivity index (χ0v) is 16.3. The molecule has 1 aromatic heterocycles. The van der Waals surface area contributed by atoms with Gasteiger partial charge in [-0.2, -0.15) is 0 Å². The number of para-hydroxylation sites is 1. The van der Waals surface area contributed by atoms with Crippen LogP contribution in [0.1, 0.15) is 23.1 Å². The van der Waals surface area contributed by atoms with Crippen LogP contribution in [0.2, 0.25) is 0 Å². The first-order valence-corrected chi connectivity index (χ1v) is 9.72. The van der Waals surface area contributed by atoms with Gasteiger partial charge < -0.3 is 15.2 Å².